The highest BCUT2D eigenvalue weighted by atomic mass is 35.5. The van der Waals surface area contributed by atoms with E-state index in [4.69, 9.17) is 23.2 Å². The van der Waals surface area contributed by atoms with Gasteiger partial charge in [0.15, 0.2) is 0 Å². The Kier molecular flexibility index (Phi) is 2.30. The lowest BCUT2D eigenvalue weighted by molar-refractivity contribution is -0.205. The smallest absolute Gasteiger partial charge is 0.213 e. The van der Waals surface area contributed by atoms with Crippen molar-refractivity contribution in [3.63, 3.8) is 0 Å². The van der Waals surface area contributed by atoms with Gasteiger partial charge in [-0.1, -0.05) is 34.8 Å². The zero-order chi connectivity index (χ0) is 10.7. The second-order valence-corrected chi connectivity index (χ2v) is 3.63. The molecule has 1 unspecified atom stereocenters. The number of hydrogen-bond donors (Lipinski definition) is 0. The van der Waals surface area contributed by atoms with Gasteiger partial charge in [-0.05, 0) is 0 Å². The van der Waals surface area contributed by atoms with Crippen molar-refractivity contribution in [2.45, 2.75) is 17.0 Å². The summed E-state index contributed by atoms with van der Waals surface area (Å²) in [6.45, 7) is 0. The summed E-state index contributed by atoms with van der Waals surface area (Å²) in [6, 6.07) is 0. The Balaban J connectivity index is 3.39. The van der Waals surface area contributed by atoms with Crippen LogP contribution < -0.4 is 0 Å². The molecule has 0 bridgehead atoms. The van der Waals surface area contributed by atoms with Crippen molar-refractivity contribution in [1.82, 2.24) is 0 Å². The van der Waals surface area contributed by atoms with Crippen LogP contribution in [0.25, 0.3) is 0 Å². The number of halogens is 8. The Bertz CT molecular complexity index is 256. The summed E-state index contributed by atoms with van der Waals surface area (Å²) in [4.78, 5) is 0. The predicted octanol–water partition coefficient (Wildman–Crippen LogP) is 3.86. The van der Waals surface area contributed by atoms with Gasteiger partial charge in [0.2, 0.25) is 0 Å². The summed E-state index contributed by atoms with van der Waals surface area (Å²) in [5.41, 5.74) is 0. The fourth-order valence-corrected chi connectivity index (χ4v) is 1.50. The van der Waals surface area contributed by atoms with Crippen LogP contribution in [0.3, 0.4) is 0 Å². The zero-order valence-corrected chi connectivity index (χ0v) is 7.79. The van der Waals surface area contributed by atoms with Gasteiger partial charge in [0.25, 0.3) is 5.13 Å². The van der Waals surface area contributed by atoms with Crippen LogP contribution in [-0.4, -0.2) is 17.0 Å². The molecule has 1 atom stereocenters. The van der Waals surface area contributed by atoms with Gasteiger partial charge >= 0.3 is 11.8 Å². The van der Waals surface area contributed by atoms with Crippen LogP contribution in [0.5, 0.6) is 0 Å². The first-order valence-electron chi connectivity index (χ1n) is 2.76. The number of alkyl halides is 6. The lowest BCUT2D eigenvalue weighted by Gasteiger charge is -2.25. The minimum absolute atomic E-state index is 1.58. The molecule has 0 amide bonds. The molecule has 8 heteroatoms. The summed E-state index contributed by atoms with van der Waals surface area (Å²) >= 11 is 14.0. The highest BCUT2D eigenvalue weighted by molar-refractivity contribution is 6.46. The van der Waals surface area contributed by atoms with Crippen molar-refractivity contribution in [3.05, 3.63) is 10.1 Å². The summed E-state index contributed by atoms with van der Waals surface area (Å²) in [7, 11) is 0. The van der Waals surface area contributed by atoms with E-state index in [0.29, 0.717) is 0 Å². The second-order valence-electron chi connectivity index (χ2n) is 2.35. The third-order valence-corrected chi connectivity index (χ3v) is 3.03. The summed E-state index contributed by atoms with van der Waals surface area (Å²) in [5.74, 6) is -10.0. The molecule has 0 aliphatic heterocycles. The Morgan fingerprint density at radius 3 is 1.31 bits per heavy atom. The van der Waals surface area contributed by atoms with Crippen molar-refractivity contribution in [2.24, 2.45) is 0 Å². The van der Waals surface area contributed by atoms with Crippen LogP contribution in [0.4, 0.5) is 22.0 Å². The van der Waals surface area contributed by atoms with E-state index in [1.54, 1.807) is 0 Å². The minimum atomic E-state index is -5.14. The van der Waals surface area contributed by atoms with E-state index in [1.807, 2.05) is 0 Å². The van der Waals surface area contributed by atoms with Gasteiger partial charge < -0.3 is 0 Å². The minimum Gasteiger partial charge on any atom is -0.213 e. The monoisotopic (exact) mass is 260 g/mol. The number of allylic oxidation sites excluding steroid dienone is 2. The normalized spacial score (nSPS) is 36.9. The van der Waals surface area contributed by atoms with E-state index >= 15 is 0 Å². The maximum absolute atomic E-state index is 12.8. The van der Waals surface area contributed by atoms with Gasteiger partial charge in [-0.2, -0.15) is 17.6 Å². The van der Waals surface area contributed by atoms with Gasteiger partial charge in [0, 0.05) is 0 Å². The highest BCUT2D eigenvalue weighted by Gasteiger charge is 2.78. The highest BCUT2D eigenvalue weighted by Crippen LogP contribution is 2.62. The molecule has 1 rings (SSSR count). The van der Waals surface area contributed by atoms with Crippen LogP contribution in [0, 0.1) is 0 Å². The van der Waals surface area contributed by atoms with Crippen molar-refractivity contribution in [1.29, 1.82) is 0 Å². The molecule has 0 aromatic carbocycles. The quantitative estimate of drug-likeness (QED) is 0.459. The van der Waals surface area contributed by atoms with Gasteiger partial charge in [-0.3, -0.25) is 0 Å². The molecule has 0 nitrogen and oxygen atoms in total. The topological polar surface area (TPSA) is 0 Å². The average molecular weight is 261 g/mol. The van der Waals surface area contributed by atoms with E-state index in [1.165, 1.54) is 0 Å². The molecule has 1 aliphatic rings. The standard InChI is InChI=1S/C5Cl3F5/c6-1-2(7)4(10,11)5(12,13)3(1,8)9. The van der Waals surface area contributed by atoms with Crippen LogP contribution >= 0.6 is 34.8 Å². The Hall–Kier alpha value is 0.260. The maximum atomic E-state index is 12.8. The van der Waals surface area contributed by atoms with Gasteiger partial charge in [-0.15, -0.1) is 0 Å². The molecule has 0 N–H and O–H groups in total. The van der Waals surface area contributed by atoms with Gasteiger partial charge in [0.1, 0.15) is 5.03 Å². The third kappa shape index (κ3) is 1.10. The Morgan fingerprint density at radius 1 is 0.846 bits per heavy atom. The van der Waals surface area contributed by atoms with Crippen LogP contribution in [0.2, 0.25) is 0 Å². The molecular weight excluding hydrogens is 261 g/mol. The zero-order valence-electron chi connectivity index (χ0n) is 5.52. The molecule has 76 valence electrons. The lowest BCUT2D eigenvalue weighted by Crippen LogP contribution is -2.48. The largest absolute Gasteiger partial charge is 0.367 e. The van der Waals surface area contributed by atoms with Crippen LogP contribution in [0.1, 0.15) is 0 Å². The van der Waals surface area contributed by atoms with E-state index < -0.39 is 27.0 Å². The van der Waals surface area contributed by atoms with Crippen molar-refractivity contribution >= 4 is 34.8 Å². The lowest BCUT2D eigenvalue weighted by atomic mass is 10.2. The molecule has 0 fully saturated rings. The molecule has 0 saturated carbocycles. The van der Waals surface area contributed by atoms with Crippen molar-refractivity contribution in [2.75, 3.05) is 0 Å². The molecule has 0 aromatic rings. The van der Waals surface area contributed by atoms with E-state index in [0.717, 1.165) is 0 Å². The SMILES string of the molecule is FC1(F)C(Cl)=C(Cl)C(F)(Cl)C1(F)F. The second kappa shape index (κ2) is 2.64. The first-order chi connectivity index (χ1) is 5.57. The molecule has 0 heterocycles. The van der Waals surface area contributed by atoms with Crippen molar-refractivity contribution < 1.29 is 22.0 Å². The van der Waals surface area contributed by atoms with Crippen LogP contribution in [0.15, 0.2) is 10.1 Å². The molecule has 0 aromatic heterocycles. The molecular formula is C5Cl3F5. The summed E-state index contributed by atoms with van der Waals surface area (Å²) < 4.78 is 62.9. The fraction of sp³-hybridized carbons (Fsp3) is 0.600. The summed E-state index contributed by atoms with van der Waals surface area (Å²) in [6.07, 6.45) is 0. The number of rotatable bonds is 0. The molecule has 1 aliphatic carbocycles. The molecule has 0 saturated heterocycles. The van der Waals surface area contributed by atoms with E-state index in [-0.39, 0.29) is 0 Å². The van der Waals surface area contributed by atoms with E-state index in [2.05, 4.69) is 11.6 Å². The van der Waals surface area contributed by atoms with Gasteiger partial charge in [-0.25, -0.2) is 4.39 Å². The van der Waals surface area contributed by atoms with Crippen molar-refractivity contribution in [3.8, 4) is 0 Å². The molecule has 0 radical (unpaired) electrons. The molecule has 0 spiro atoms. The van der Waals surface area contributed by atoms with Gasteiger partial charge in [0.05, 0.1) is 5.03 Å². The Labute approximate surface area is 84.2 Å². The van der Waals surface area contributed by atoms with E-state index in [9.17, 15) is 22.0 Å². The van der Waals surface area contributed by atoms with Crippen LogP contribution in [-0.2, 0) is 0 Å². The number of hydrogen-bond acceptors (Lipinski definition) is 0. The first-order valence-corrected chi connectivity index (χ1v) is 3.90. The summed E-state index contributed by atoms with van der Waals surface area (Å²) in [5, 5.41) is -7.49. The molecule has 13 heavy (non-hydrogen) atoms. The maximum Gasteiger partial charge on any atom is 0.367 e. The predicted molar refractivity (Wildman–Crippen MR) is 38.3 cm³/mol. The third-order valence-electron chi connectivity index (χ3n) is 1.53. The fourth-order valence-electron chi connectivity index (χ4n) is 0.749. The average Bonchev–Trinajstić information content (AvgIpc) is 2.05. The Morgan fingerprint density at radius 2 is 1.23 bits per heavy atom. The first kappa shape index (κ1) is 11.3.